The maximum Gasteiger partial charge on any atom is 0.240 e. The molecule has 17 heavy (non-hydrogen) atoms. The largest absolute Gasteiger partial charge is 0.399 e. The van der Waals surface area contributed by atoms with Crippen LogP contribution in [0, 0.1) is 0 Å². The Kier molecular flexibility index (Phi) is 3.65. The highest BCUT2D eigenvalue weighted by molar-refractivity contribution is 7.89. The molecule has 0 aromatic heterocycles. The molecule has 0 aliphatic rings. The molecule has 0 saturated heterocycles. The summed E-state index contributed by atoms with van der Waals surface area (Å²) < 4.78 is 22.8. The molecule has 0 amide bonds. The molecule has 1 rings (SSSR count). The predicted octanol–water partition coefficient (Wildman–Crippen LogP) is 0.0990. The van der Waals surface area contributed by atoms with Gasteiger partial charge in [-0.3, -0.25) is 0 Å². The van der Waals surface area contributed by atoms with Gasteiger partial charge in [-0.05, 0) is 32.0 Å². The Labute approximate surface area is 101 Å². The van der Waals surface area contributed by atoms with E-state index in [-0.39, 0.29) is 11.5 Å². The van der Waals surface area contributed by atoms with Crippen molar-refractivity contribution in [2.24, 2.45) is 5.14 Å². The van der Waals surface area contributed by atoms with Crippen molar-refractivity contribution in [1.82, 2.24) is 0 Å². The number of nitrogen functional groups attached to an aromatic ring is 1. The summed E-state index contributed by atoms with van der Waals surface area (Å²) in [5.41, 5.74) is 5.49. The zero-order valence-electron chi connectivity index (χ0n) is 9.77. The summed E-state index contributed by atoms with van der Waals surface area (Å²) in [6.07, 6.45) is 0. The summed E-state index contributed by atoms with van der Waals surface area (Å²) in [6.45, 7) is 3.31. The van der Waals surface area contributed by atoms with E-state index in [4.69, 9.17) is 16.0 Å². The Hall–Kier alpha value is -1.31. The van der Waals surface area contributed by atoms with E-state index in [1.54, 1.807) is 19.9 Å². The van der Waals surface area contributed by atoms with Gasteiger partial charge in [-0.15, -0.1) is 0 Å². The standard InChI is InChI=1S/C10H17N3O3S/c1-10(2,6-14)13-8-4-3-7(11)5-9(8)17(12,15)16/h3-5,13-14H,6,11H2,1-2H3,(H2,12,15,16). The van der Waals surface area contributed by atoms with Crippen molar-refractivity contribution in [2.75, 3.05) is 17.7 Å². The van der Waals surface area contributed by atoms with Gasteiger partial charge >= 0.3 is 0 Å². The lowest BCUT2D eigenvalue weighted by molar-refractivity contribution is 0.234. The van der Waals surface area contributed by atoms with E-state index in [9.17, 15) is 8.42 Å². The molecule has 0 spiro atoms. The van der Waals surface area contributed by atoms with Gasteiger partial charge in [0.2, 0.25) is 10.0 Å². The van der Waals surface area contributed by atoms with E-state index in [1.807, 2.05) is 0 Å². The molecule has 0 radical (unpaired) electrons. The molecule has 0 aliphatic heterocycles. The molecule has 0 bridgehead atoms. The lowest BCUT2D eigenvalue weighted by Crippen LogP contribution is -2.35. The Balaban J connectivity index is 3.26. The minimum Gasteiger partial charge on any atom is -0.399 e. The first kappa shape index (κ1) is 13.8. The minimum atomic E-state index is -3.86. The summed E-state index contributed by atoms with van der Waals surface area (Å²) in [7, 11) is -3.86. The maximum atomic E-state index is 11.4. The Morgan fingerprint density at radius 1 is 1.41 bits per heavy atom. The van der Waals surface area contributed by atoms with E-state index in [2.05, 4.69) is 5.32 Å². The van der Waals surface area contributed by atoms with Crippen LogP contribution < -0.4 is 16.2 Å². The SMILES string of the molecule is CC(C)(CO)Nc1ccc(N)cc1S(N)(=O)=O. The average Bonchev–Trinajstić information content (AvgIpc) is 2.19. The number of primary sulfonamides is 1. The smallest absolute Gasteiger partial charge is 0.240 e. The summed E-state index contributed by atoms with van der Waals surface area (Å²) in [5, 5.41) is 17.1. The summed E-state index contributed by atoms with van der Waals surface area (Å²) >= 11 is 0. The van der Waals surface area contributed by atoms with Gasteiger partial charge in [-0.2, -0.15) is 0 Å². The highest BCUT2D eigenvalue weighted by Gasteiger charge is 2.21. The first-order valence-electron chi connectivity index (χ1n) is 4.97. The van der Waals surface area contributed by atoms with Gasteiger partial charge < -0.3 is 16.2 Å². The first-order valence-corrected chi connectivity index (χ1v) is 6.52. The average molecular weight is 259 g/mol. The van der Waals surface area contributed by atoms with Crippen molar-refractivity contribution in [3.8, 4) is 0 Å². The third-order valence-corrected chi connectivity index (χ3v) is 3.13. The van der Waals surface area contributed by atoms with Gasteiger partial charge in [0.1, 0.15) is 4.90 Å². The molecule has 0 atom stereocenters. The molecule has 1 aromatic carbocycles. The van der Waals surface area contributed by atoms with Crippen LogP contribution in [0.1, 0.15) is 13.8 Å². The third-order valence-electron chi connectivity index (χ3n) is 2.18. The van der Waals surface area contributed by atoms with E-state index in [1.165, 1.54) is 12.1 Å². The molecule has 96 valence electrons. The van der Waals surface area contributed by atoms with Crippen molar-refractivity contribution in [3.63, 3.8) is 0 Å². The van der Waals surface area contributed by atoms with Crippen molar-refractivity contribution < 1.29 is 13.5 Å². The Bertz CT molecular complexity index is 512. The summed E-state index contributed by atoms with van der Waals surface area (Å²) in [5.74, 6) is 0. The molecule has 6 N–H and O–H groups in total. The minimum absolute atomic E-state index is 0.0842. The number of sulfonamides is 1. The number of rotatable bonds is 4. The van der Waals surface area contributed by atoms with Crippen LogP contribution in [0.2, 0.25) is 0 Å². The van der Waals surface area contributed by atoms with Crippen LogP contribution in [-0.4, -0.2) is 25.7 Å². The number of aliphatic hydroxyl groups is 1. The second-order valence-electron chi connectivity index (χ2n) is 4.47. The molecule has 0 fully saturated rings. The Morgan fingerprint density at radius 2 is 2.00 bits per heavy atom. The van der Waals surface area contributed by atoms with Crippen molar-refractivity contribution >= 4 is 21.4 Å². The maximum absolute atomic E-state index is 11.4. The monoisotopic (exact) mass is 259 g/mol. The topological polar surface area (TPSA) is 118 Å². The van der Waals surface area contributed by atoms with E-state index in [0.717, 1.165) is 0 Å². The van der Waals surface area contributed by atoms with Crippen molar-refractivity contribution in [2.45, 2.75) is 24.3 Å². The van der Waals surface area contributed by atoms with Gasteiger partial charge in [0.25, 0.3) is 0 Å². The quantitative estimate of drug-likeness (QED) is 0.572. The number of nitrogens with one attached hydrogen (secondary N) is 1. The van der Waals surface area contributed by atoms with Gasteiger partial charge in [0.15, 0.2) is 0 Å². The van der Waals surface area contributed by atoms with Crippen LogP contribution in [0.25, 0.3) is 0 Å². The second-order valence-corrected chi connectivity index (χ2v) is 6.00. The summed E-state index contributed by atoms with van der Waals surface area (Å²) in [6, 6.07) is 4.36. The fraction of sp³-hybridized carbons (Fsp3) is 0.400. The number of aliphatic hydroxyl groups excluding tert-OH is 1. The van der Waals surface area contributed by atoms with E-state index < -0.39 is 15.6 Å². The third kappa shape index (κ3) is 3.58. The van der Waals surface area contributed by atoms with Gasteiger partial charge in [-0.25, -0.2) is 13.6 Å². The lowest BCUT2D eigenvalue weighted by atomic mass is 10.1. The van der Waals surface area contributed by atoms with Crippen LogP contribution in [0.15, 0.2) is 23.1 Å². The number of benzene rings is 1. The molecule has 0 saturated carbocycles. The molecule has 0 heterocycles. The molecule has 1 aromatic rings. The normalized spacial score (nSPS) is 12.5. The lowest BCUT2D eigenvalue weighted by Gasteiger charge is -2.26. The second kappa shape index (κ2) is 4.52. The molecular weight excluding hydrogens is 242 g/mol. The highest BCUT2D eigenvalue weighted by atomic mass is 32.2. The summed E-state index contributed by atoms with van der Waals surface area (Å²) in [4.78, 5) is -0.0842. The van der Waals surface area contributed by atoms with Crippen LogP contribution in [-0.2, 0) is 10.0 Å². The number of nitrogens with two attached hydrogens (primary N) is 2. The molecule has 7 heteroatoms. The van der Waals surface area contributed by atoms with Crippen LogP contribution in [0.4, 0.5) is 11.4 Å². The van der Waals surface area contributed by atoms with Crippen LogP contribution in [0.5, 0.6) is 0 Å². The molecule has 0 unspecified atom stereocenters. The number of hydrogen-bond donors (Lipinski definition) is 4. The zero-order chi connectivity index (χ0) is 13.3. The molecule has 0 aliphatic carbocycles. The van der Waals surface area contributed by atoms with Gasteiger partial charge in [0.05, 0.1) is 17.8 Å². The van der Waals surface area contributed by atoms with Crippen molar-refractivity contribution in [3.05, 3.63) is 18.2 Å². The van der Waals surface area contributed by atoms with Crippen LogP contribution >= 0.6 is 0 Å². The molecule has 6 nitrogen and oxygen atoms in total. The van der Waals surface area contributed by atoms with Gasteiger partial charge in [0, 0.05) is 5.69 Å². The number of anilines is 2. The fourth-order valence-electron chi connectivity index (χ4n) is 1.28. The van der Waals surface area contributed by atoms with Crippen LogP contribution in [0.3, 0.4) is 0 Å². The highest BCUT2D eigenvalue weighted by Crippen LogP contribution is 2.25. The van der Waals surface area contributed by atoms with Gasteiger partial charge in [-0.1, -0.05) is 0 Å². The van der Waals surface area contributed by atoms with E-state index >= 15 is 0 Å². The number of hydrogen-bond acceptors (Lipinski definition) is 5. The Morgan fingerprint density at radius 3 is 2.47 bits per heavy atom. The predicted molar refractivity (Wildman–Crippen MR) is 67.0 cm³/mol. The fourth-order valence-corrected chi connectivity index (χ4v) is 2.01. The van der Waals surface area contributed by atoms with E-state index in [0.29, 0.717) is 11.4 Å². The first-order chi connectivity index (χ1) is 7.65. The zero-order valence-corrected chi connectivity index (χ0v) is 10.6. The van der Waals surface area contributed by atoms with Crippen molar-refractivity contribution in [1.29, 1.82) is 0 Å². The molecular formula is C10H17N3O3S.